The van der Waals surface area contributed by atoms with Gasteiger partial charge in [-0.2, -0.15) is 0 Å². The van der Waals surface area contributed by atoms with Gasteiger partial charge in [0.05, 0.1) is 28.9 Å². The molecule has 0 radical (unpaired) electrons. The van der Waals surface area contributed by atoms with Crippen LogP contribution in [-0.4, -0.2) is 41.9 Å². The van der Waals surface area contributed by atoms with Crippen molar-refractivity contribution < 1.29 is 18.3 Å². The topological polar surface area (TPSA) is 133 Å². The number of amides is 1. The molecular formula is C21H26N4O4S. The zero-order chi connectivity index (χ0) is 21.7. The van der Waals surface area contributed by atoms with Crippen molar-refractivity contribution in [1.29, 1.82) is 5.41 Å². The van der Waals surface area contributed by atoms with Crippen LogP contribution in [0.3, 0.4) is 0 Å². The van der Waals surface area contributed by atoms with Crippen molar-refractivity contribution in [2.45, 2.75) is 49.0 Å². The molecule has 160 valence electrons. The van der Waals surface area contributed by atoms with Crippen LogP contribution < -0.4 is 5.32 Å². The fraction of sp³-hybridized carbons (Fsp3) is 0.429. The van der Waals surface area contributed by atoms with Crippen LogP contribution in [-0.2, 0) is 14.6 Å². The second-order valence-electron chi connectivity index (χ2n) is 7.71. The lowest BCUT2D eigenvalue weighted by atomic mass is 9.87. The smallest absolute Gasteiger partial charge is 0.233 e. The third-order valence-electron chi connectivity index (χ3n) is 5.45. The van der Waals surface area contributed by atoms with Gasteiger partial charge in [-0.3, -0.25) is 9.78 Å². The van der Waals surface area contributed by atoms with Gasteiger partial charge >= 0.3 is 0 Å². The van der Waals surface area contributed by atoms with Crippen LogP contribution >= 0.6 is 0 Å². The molecule has 1 heterocycles. The highest BCUT2D eigenvalue weighted by atomic mass is 32.2. The number of nitrogens with zero attached hydrogens (tertiary/aromatic N) is 2. The van der Waals surface area contributed by atoms with Gasteiger partial charge in [0, 0.05) is 12.5 Å². The summed E-state index contributed by atoms with van der Waals surface area (Å²) in [5.41, 5.74) is 0.984. The highest BCUT2D eigenvalue weighted by molar-refractivity contribution is 7.90. The Balaban J connectivity index is 1.80. The van der Waals surface area contributed by atoms with E-state index in [1.54, 1.807) is 12.1 Å². The van der Waals surface area contributed by atoms with Crippen LogP contribution in [0.15, 0.2) is 41.6 Å². The molecule has 1 saturated carbocycles. The molecule has 8 nitrogen and oxygen atoms in total. The first kappa shape index (κ1) is 22.0. The van der Waals surface area contributed by atoms with E-state index in [4.69, 9.17) is 5.41 Å². The number of aromatic nitrogens is 2. The maximum atomic E-state index is 13.1. The molecule has 3 N–H and O–H groups in total. The molecule has 1 fully saturated rings. The highest BCUT2D eigenvalue weighted by Gasteiger charge is 2.27. The van der Waals surface area contributed by atoms with Gasteiger partial charge in [-0.25, -0.2) is 13.4 Å². The van der Waals surface area contributed by atoms with Crippen LogP contribution in [0.2, 0.25) is 0 Å². The number of hydrogen-bond donors (Lipinski definition) is 3. The van der Waals surface area contributed by atoms with Crippen molar-refractivity contribution in [2.75, 3.05) is 11.6 Å². The Morgan fingerprint density at radius 1 is 1.23 bits per heavy atom. The number of aliphatic hydroxyl groups is 1. The Hall–Kier alpha value is -2.65. The van der Waals surface area contributed by atoms with Gasteiger partial charge in [-0.15, -0.1) is 0 Å². The van der Waals surface area contributed by atoms with E-state index in [2.05, 4.69) is 15.3 Å². The molecule has 2 aromatic rings. The summed E-state index contributed by atoms with van der Waals surface area (Å²) in [5.74, 6) is 0.0376. The number of hydrogen-bond acceptors (Lipinski definition) is 7. The Labute approximate surface area is 176 Å². The number of rotatable bonds is 8. The van der Waals surface area contributed by atoms with E-state index in [0.29, 0.717) is 12.3 Å². The molecular weight excluding hydrogens is 404 g/mol. The maximum absolute atomic E-state index is 13.1. The molecule has 3 rings (SSSR count). The standard InChI is InChI=1S/C21H26N4O4S/c1-30(28,29)16-8-6-15(7-9-16)17(10-14-4-2-3-5-14)21(27)25-20-13-23-18(12-24-20)19(26)11-22/h6-9,11-14,17,19,22,26H,2-5,10H2,1H3,(H,24,25,27). The van der Waals surface area contributed by atoms with Gasteiger partial charge in [-0.05, 0) is 30.0 Å². The molecule has 0 spiro atoms. The zero-order valence-corrected chi connectivity index (χ0v) is 17.6. The minimum Gasteiger partial charge on any atom is -0.381 e. The lowest BCUT2D eigenvalue weighted by Gasteiger charge is -2.20. The second-order valence-corrected chi connectivity index (χ2v) is 9.72. The molecule has 1 aliphatic rings. The Morgan fingerprint density at radius 2 is 1.90 bits per heavy atom. The monoisotopic (exact) mass is 430 g/mol. The summed E-state index contributed by atoms with van der Waals surface area (Å²) >= 11 is 0. The summed E-state index contributed by atoms with van der Waals surface area (Å²) in [5, 5.41) is 19.5. The zero-order valence-electron chi connectivity index (χ0n) is 16.8. The number of carbonyl (C=O) groups excluding carboxylic acids is 1. The number of aliphatic hydroxyl groups excluding tert-OH is 1. The summed E-state index contributed by atoms with van der Waals surface area (Å²) in [6.45, 7) is 0. The van der Waals surface area contributed by atoms with Crippen molar-refractivity contribution in [3.8, 4) is 0 Å². The van der Waals surface area contributed by atoms with Crippen molar-refractivity contribution in [2.24, 2.45) is 5.92 Å². The lowest BCUT2D eigenvalue weighted by Crippen LogP contribution is -2.24. The Morgan fingerprint density at radius 3 is 2.43 bits per heavy atom. The fourth-order valence-electron chi connectivity index (χ4n) is 3.78. The summed E-state index contributed by atoms with van der Waals surface area (Å²) in [7, 11) is -3.31. The molecule has 0 saturated heterocycles. The molecule has 9 heteroatoms. The Kier molecular flexibility index (Phi) is 6.94. The van der Waals surface area contributed by atoms with Gasteiger partial charge < -0.3 is 15.8 Å². The molecule has 0 bridgehead atoms. The first-order valence-corrected chi connectivity index (χ1v) is 11.8. The molecule has 1 aromatic heterocycles. The SMILES string of the molecule is CS(=O)(=O)c1ccc(C(CC2CCCC2)C(=O)Nc2cnc(C(O)C=N)cn2)cc1. The third-order valence-corrected chi connectivity index (χ3v) is 6.58. The van der Waals surface area contributed by atoms with Gasteiger partial charge in [0.2, 0.25) is 5.91 Å². The van der Waals surface area contributed by atoms with Gasteiger partial charge in [0.1, 0.15) is 6.10 Å². The minimum absolute atomic E-state index is 0.220. The first-order valence-electron chi connectivity index (χ1n) is 9.89. The van der Waals surface area contributed by atoms with Crippen molar-refractivity contribution in [3.63, 3.8) is 0 Å². The summed E-state index contributed by atoms with van der Waals surface area (Å²) in [6.07, 6.45) is 8.71. The second kappa shape index (κ2) is 9.44. The van der Waals surface area contributed by atoms with E-state index < -0.39 is 21.9 Å². The molecule has 1 aliphatic carbocycles. The van der Waals surface area contributed by atoms with Crippen LogP contribution in [0, 0.1) is 11.3 Å². The summed E-state index contributed by atoms with van der Waals surface area (Å²) in [4.78, 5) is 21.4. The average molecular weight is 431 g/mol. The number of sulfone groups is 1. The summed E-state index contributed by atoms with van der Waals surface area (Å²) < 4.78 is 23.5. The fourth-order valence-corrected chi connectivity index (χ4v) is 4.41. The first-order chi connectivity index (χ1) is 14.3. The van der Waals surface area contributed by atoms with Gasteiger partial charge in [0.15, 0.2) is 15.7 Å². The Bertz CT molecular complexity index is 985. The number of anilines is 1. The number of benzene rings is 1. The molecule has 0 aliphatic heterocycles. The van der Waals surface area contributed by atoms with E-state index in [-0.39, 0.29) is 22.3 Å². The quantitative estimate of drug-likeness (QED) is 0.552. The lowest BCUT2D eigenvalue weighted by molar-refractivity contribution is -0.118. The van der Waals surface area contributed by atoms with E-state index >= 15 is 0 Å². The van der Waals surface area contributed by atoms with Gasteiger partial charge in [0.25, 0.3) is 0 Å². The molecule has 1 aromatic carbocycles. The molecule has 2 atom stereocenters. The maximum Gasteiger partial charge on any atom is 0.233 e. The van der Waals surface area contributed by atoms with Crippen LogP contribution in [0.25, 0.3) is 0 Å². The molecule has 1 amide bonds. The van der Waals surface area contributed by atoms with E-state index in [9.17, 15) is 18.3 Å². The van der Waals surface area contributed by atoms with Crippen molar-refractivity contribution >= 4 is 27.8 Å². The number of nitrogens with one attached hydrogen (secondary N) is 2. The van der Waals surface area contributed by atoms with Crippen LogP contribution in [0.4, 0.5) is 5.82 Å². The summed E-state index contributed by atoms with van der Waals surface area (Å²) in [6, 6.07) is 6.47. The highest BCUT2D eigenvalue weighted by Crippen LogP contribution is 2.35. The van der Waals surface area contributed by atoms with Crippen molar-refractivity contribution in [3.05, 3.63) is 47.9 Å². The van der Waals surface area contributed by atoms with E-state index in [0.717, 1.165) is 43.7 Å². The van der Waals surface area contributed by atoms with Crippen LogP contribution in [0.1, 0.15) is 55.4 Å². The predicted octanol–water partition coefficient (Wildman–Crippen LogP) is 2.87. The third kappa shape index (κ3) is 5.48. The minimum atomic E-state index is -3.31. The predicted molar refractivity (Wildman–Crippen MR) is 113 cm³/mol. The normalized spacial score (nSPS) is 16.7. The number of carbonyl (C=O) groups is 1. The van der Waals surface area contributed by atoms with E-state index in [1.807, 2.05) is 0 Å². The van der Waals surface area contributed by atoms with Crippen molar-refractivity contribution in [1.82, 2.24) is 9.97 Å². The van der Waals surface area contributed by atoms with Crippen LogP contribution in [0.5, 0.6) is 0 Å². The van der Waals surface area contributed by atoms with E-state index in [1.165, 1.54) is 24.5 Å². The average Bonchev–Trinajstić information content (AvgIpc) is 3.25. The molecule has 2 unspecified atom stereocenters. The molecule has 30 heavy (non-hydrogen) atoms. The van der Waals surface area contributed by atoms with Gasteiger partial charge in [-0.1, -0.05) is 37.8 Å². The largest absolute Gasteiger partial charge is 0.381 e.